The number of carbonyl (C=O) groups is 1. The molecular formula is C14H23N3O. The Hall–Kier alpha value is -1.42. The second kappa shape index (κ2) is 6.50. The summed E-state index contributed by atoms with van der Waals surface area (Å²) in [6, 6.07) is 3.75. The van der Waals surface area contributed by atoms with E-state index in [2.05, 4.69) is 24.1 Å². The highest BCUT2D eigenvalue weighted by Gasteiger charge is 2.18. The Morgan fingerprint density at radius 1 is 1.39 bits per heavy atom. The zero-order valence-electron chi connectivity index (χ0n) is 11.5. The molecule has 1 aromatic rings. The van der Waals surface area contributed by atoms with Crippen molar-refractivity contribution in [3.05, 3.63) is 24.0 Å². The monoisotopic (exact) mass is 249 g/mol. The third kappa shape index (κ3) is 5.27. The van der Waals surface area contributed by atoms with Gasteiger partial charge in [-0.05, 0) is 43.9 Å². The second-order valence-corrected chi connectivity index (χ2v) is 5.44. The SMILES string of the molecule is Cc1ccc(NC(=O)CCC(C)(C)CCN)cn1. The summed E-state index contributed by atoms with van der Waals surface area (Å²) in [4.78, 5) is 15.9. The van der Waals surface area contributed by atoms with E-state index in [-0.39, 0.29) is 11.3 Å². The number of pyridine rings is 1. The van der Waals surface area contributed by atoms with Crippen LogP contribution in [0.5, 0.6) is 0 Å². The fraction of sp³-hybridized carbons (Fsp3) is 0.571. The summed E-state index contributed by atoms with van der Waals surface area (Å²) in [6.45, 7) is 6.86. The van der Waals surface area contributed by atoms with Gasteiger partial charge in [0.1, 0.15) is 0 Å². The minimum Gasteiger partial charge on any atom is -0.330 e. The molecule has 0 atom stereocenters. The summed E-state index contributed by atoms with van der Waals surface area (Å²) in [5, 5.41) is 2.85. The Balaban J connectivity index is 2.40. The van der Waals surface area contributed by atoms with E-state index in [1.54, 1.807) is 6.20 Å². The van der Waals surface area contributed by atoms with E-state index >= 15 is 0 Å². The third-order valence-corrected chi connectivity index (χ3v) is 3.05. The van der Waals surface area contributed by atoms with Gasteiger partial charge < -0.3 is 11.1 Å². The predicted octanol–water partition coefficient (Wildman–Crippen LogP) is 2.48. The van der Waals surface area contributed by atoms with Crippen molar-refractivity contribution >= 4 is 11.6 Å². The van der Waals surface area contributed by atoms with Crippen molar-refractivity contribution in [2.45, 2.75) is 40.0 Å². The van der Waals surface area contributed by atoms with Gasteiger partial charge in [-0.25, -0.2) is 0 Å². The van der Waals surface area contributed by atoms with Crippen LogP contribution in [0, 0.1) is 12.3 Å². The maximum absolute atomic E-state index is 11.8. The molecule has 0 fully saturated rings. The molecule has 4 heteroatoms. The number of nitrogens with zero attached hydrogens (tertiary/aromatic N) is 1. The number of nitrogens with one attached hydrogen (secondary N) is 1. The zero-order chi connectivity index (χ0) is 13.6. The average Bonchev–Trinajstić information content (AvgIpc) is 2.30. The van der Waals surface area contributed by atoms with Gasteiger partial charge in [-0.15, -0.1) is 0 Å². The highest BCUT2D eigenvalue weighted by atomic mass is 16.1. The van der Waals surface area contributed by atoms with E-state index in [9.17, 15) is 4.79 Å². The molecule has 0 saturated heterocycles. The Morgan fingerprint density at radius 2 is 2.11 bits per heavy atom. The number of aromatic nitrogens is 1. The van der Waals surface area contributed by atoms with E-state index in [4.69, 9.17) is 5.73 Å². The Bertz CT molecular complexity index is 385. The van der Waals surface area contributed by atoms with Crippen molar-refractivity contribution < 1.29 is 4.79 Å². The number of amides is 1. The van der Waals surface area contributed by atoms with Crippen LogP contribution in [0.4, 0.5) is 5.69 Å². The molecule has 1 aromatic heterocycles. The molecule has 4 nitrogen and oxygen atoms in total. The van der Waals surface area contributed by atoms with E-state index in [0.29, 0.717) is 13.0 Å². The van der Waals surface area contributed by atoms with Gasteiger partial charge in [0.05, 0.1) is 11.9 Å². The van der Waals surface area contributed by atoms with E-state index < -0.39 is 0 Å². The summed E-state index contributed by atoms with van der Waals surface area (Å²) >= 11 is 0. The number of hydrogen-bond donors (Lipinski definition) is 2. The average molecular weight is 249 g/mol. The molecule has 0 aliphatic rings. The van der Waals surface area contributed by atoms with Crippen LogP contribution < -0.4 is 11.1 Å². The van der Waals surface area contributed by atoms with Gasteiger partial charge in [0.25, 0.3) is 0 Å². The largest absolute Gasteiger partial charge is 0.330 e. The molecule has 18 heavy (non-hydrogen) atoms. The lowest BCUT2D eigenvalue weighted by Crippen LogP contribution is -2.20. The fourth-order valence-electron chi connectivity index (χ4n) is 1.73. The molecule has 0 saturated carbocycles. The van der Waals surface area contributed by atoms with E-state index in [1.165, 1.54) is 0 Å². The molecule has 0 aromatic carbocycles. The normalized spacial score (nSPS) is 11.3. The first-order chi connectivity index (χ1) is 8.43. The van der Waals surface area contributed by atoms with Crippen molar-refractivity contribution in [3.8, 4) is 0 Å². The summed E-state index contributed by atoms with van der Waals surface area (Å²) in [5.41, 5.74) is 7.37. The van der Waals surface area contributed by atoms with Crippen molar-refractivity contribution in [3.63, 3.8) is 0 Å². The summed E-state index contributed by atoms with van der Waals surface area (Å²) in [5.74, 6) is 0.0331. The Morgan fingerprint density at radius 3 is 2.67 bits per heavy atom. The van der Waals surface area contributed by atoms with Crippen LogP contribution >= 0.6 is 0 Å². The minimum absolute atomic E-state index is 0.0331. The Kier molecular flexibility index (Phi) is 5.28. The quantitative estimate of drug-likeness (QED) is 0.814. The van der Waals surface area contributed by atoms with Gasteiger partial charge in [-0.1, -0.05) is 13.8 Å². The molecule has 3 N–H and O–H groups in total. The molecule has 0 aliphatic heterocycles. The van der Waals surface area contributed by atoms with Crippen molar-refractivity contribution in [2.24, 2.45) is 11.1 Å². The van der Waals surface area contributed by atoms with Crippen LogP contribution in [-0.2, 0) is 4.79 Å². The molecule has 1 heterocycles. The molecule has 1 rings (SSSR count). The topological polar surface area (TPSA) is 68.0 Å². The van der Waals surface area contributed by atoms with E-state index in [0.717, 1.165) is 24.2 Å². The first-order valence-corrected chi connectivity index (χ1v) is 6.35. The molecule has 0 spiro atoms. The standard InChI is InChI=1S/C14H23N3O/c1-11-4-5-12(10-16-11)17-13(18)6-7-14(2,3)8-9-15/h4-5,10H,6-9,15H2,1-3H3,(H,17,18). The summed E-state index contributed by atoms with van der Waals surface area (Å²) < 4.78 is 0. The smallest absolute Gasteiger partial charge is 0.224 e. The van der Waals surface area contributed by atoms with Gasteiger partial charge in [0, 0.05) is 12.1 Å². The van der Waals surface area contributed by atoms with Gasteiger partial charge in [0.2, 0.25) is 5.91 Å². The number of hydrogen-bond acceptors (Lipinski definition) is 3. The van der Waals surface area contributed by atoms with Crippen LogP contribution in [0.15, 0.2) is 18.3 Å². The molecular weight excluding hydrogens is 226 g/mol. The van der Waals surface area contributed by atoms with Crippen molar-refractivity contribution in [1.82, 2.24) is 4.98 Å². The highest BCUT2D eigenvalue weighted by molar-refractivity contribution is 5.90. The van der Waals surface area contributed by atoms with Crippen LogP contribution in [0.1, 0.15) is 38.8 Å². The maximum atomic E-state index is 11.8. The molecule has 0 bridgehead atoms. The van der Waals surface area contributed by atoms with Crippen LogP contribution in [-0.4, -0.2) is 17.4 Å². The number of rotatable bonds is 6. The molecule has 100 valence electrons. The van der Waals surface area contributed by atoms with E-state index in [1.807, 2.05) is 19.1 Å². The molecule has 0 unspecified atom stereocenters. The van der Waals surface area contributed by atoms with Gasteiger partial charge in [0.15, 0.2) is 0 Å². The molecule has 1 amide bonds. The fourth-order valence-corrected chi connectivity index (χ4v) is 1.73. The zero-order valence-corrected chi connectivity index (χ0v) is 11.5. The maximum Gasteiger partial charge on any atom is 0.224 e. The number of anilines is 1. The van der Waals surface area contributed by atoms with Gasteiger partial charge >= 0.3 is 0 Å². The number of aryl methyl sites for hydroxylation is 1. The summed E-state index contributed by atoms with van der Waals surface area (Å²) in [6.07, 6.45) is 3.97. The van der Waals surface area contributed by atoms with Crippen LogP contribution in [0.25, 0.3) is 0 Å². The van der Waals surface area contributed by atoms with Crippen molar-refractivity contribution in [1.29, 1.82) is 0 Å². The van der Waals surface area contributed by atoms with Crippen LogP contribution in [0.2, 0.25) is 0 Å². The molecule has 0 radical (unpaired) electrons. The predicted molar refractivity (Wildman–Crippen MR) is 74.3 cm³/mol. The Labute approximate surface area is 109 Å². The lowest BCUT2D eigenvalue weighted by atomic mass is 9.84. The van der Waals surface area contributed by atoms with Gasteiger partial charge in [-0.2, -0.15) is 0 Å². The van der Waals surface area contributed by atoms with Crippen LogP contribution in [0.3, 0.4) is 0 Å². The highest BCUT2D eigenvalue weighted by Crippen LogP contribution is 2.26. The van der Waals surface area contributed by atoms with Gasteiger partial charge in [-0.3, -0.25) is 9.78 Å². The minimum atomic E-state index is 0.0331. The lowest BCUT2D eigenvalue weighted by molar-refractivity contribution is -0.116. The third-order valence-electron chi connectivity index (χ3n) is 3.05. The lowest BCUT2D eigenvalue weighted by Gasteiger charge is -2.23. The number of nitrogens with two attached hydrogens (primary N) is 1. The second-order valence-electron chi connectivity index (χ2n) is 5.44. The molecule has 0 aliphatic carbocycles. The first-order valence-electron chi connectivity index (χ1n) is 6.35. The number of carbonyl (C=O) groups excluding carboxylic acids is 1. The van der Waals surface area contributed by atoms with Crippen molar-refractivity contribution in [2.75, 3.05) is 11.9 Å². The first kappa shape index (κ1) is 14.6. The summed E-state index contributed by atoms with van der Waals surface area (Å²) in [7, 11) is 0.